The molecule has 1 aliphatic heterocycles. The summed E-state index contributed by atoms with van der Waals surface area (Å²) in [6, 6.07) is 23.1. The molecule has 0 fully saturated rings. The van der Waals surface area contributed by atoms with Gasteiger partial charge in [0.2, 0.25) is 11.8 Å². The number of benzene rings is 3. The second-order valence-corrected chi connectivity index (χ2v) is 9.99. The Balaban J connectivity index is 1.33. The summed E-state index contributed by atoms with van der Waals surface area (Å²) in [4.78, 5) is 22.3. The van der Waals surface area contributed by atoms with Crippen molar-refractivity contribution in [2.24, 2.45) is 4.99 Å². The number of hydrogen-bond donors (Lipinski definition) is 1. The van der Waals surface area contributed by atoms with Crippen molar-refractivity contribution < 1.29 is 14.3 Å². The van der Waals surface area contributed by atoms with Crippen LogP contribution in [0.5, 0.6) is 5.75 Å². The lowest BCUT2D eigenvalue weighted by Gasteiger charge is -2.15. The third kappa shape index (κ3) is 4.93. The highest BCUT2D eigenvalue weighted by Crippen LogP contribution is 2.40. The third-order valence-corrected chi connectivity index (χ3v) is 7.57. The third-order valence-electron chi connectivity index (χ3n) is 5.36. The standard InChI is InChI=1S/C26H23N3O3S2/c1-16-7-9-17(10-8-16)24-29-23(25-28-20-5-3-4-6-21(20)34-25)26(32-24)33-15-22(30)27-18-11-13-19(31-2)14-12-18/h3-14,23,26H,15H2,1-2H3,(H,27,30). The molecule has 8 heteroatoms. The van der Waals surface area contributed by atoms with Gasteiger partial charge in [0, 0.05) is 11.3 Å². The van der Waals surface area contributed by atoms with Crippen LogP contribution in [-0.2, 0) is 9.53 Å². The van der Waals surface area contributed by atoms with Gasteiger partial charge in [-0.05, 0) is 55.5 Å². The highest BCUT2D eigenvalue weighted by atomic mass is 32.2. The SMILES string of the molecule is COc1ccc(NC(=O)CSC2OC(c3ccc(C)cc3)=NC2c2nc3ccccc3s2)cc1. The Labute approximate surface area is 206 Å². The molecule has 1 aliphatic rings. The van der Waals surface area contributed by atoms with Crippen molar-refractivity contribution in [3.8, 4) is 5.75 Å². The minimum Gasteiger partial charge on any atom is -0.497 e. The summed E-state index contributed by atoms with van der Waals surface area (Å²) in [6.45, 7) is 2.05. The smallest absolute Gasteiger partial charge is 0.234 e. The molecule has 0 aliphatic carbocycles. The van der Waals surface area contributed by atoms with Gasteiger partial charge >= 0.3 is 0 Å². The predicted octanol–water partition coefficient (Wildman–Crippen LogP) is 5.83. The number of nitrogens with zero attached hydrogens (tertiary/aromatic N) is 2. The van der Waals surface area contributed by atoms with Crippen LogP contribution in [0.1, 0.15) is 22.2 Å². The van der Waals surface area contributed by atoms with Crippen molar-refractivity contribution in [2.45, 2.75) is 18.4 Å². The van der Waals surface area contributed by atoms with Crippen molar-refractivity contribution in [3.05, 3.63) is 88.9 Å². The minimum atomic E-state index is -0.349. The van der Waals surface area contributed by atoms with E-state index in [0.717, 1.165) is 32.2 Å². The molecule has 1 amide bonds. The molecule has 0 saturated heterocycles. The van der Waals surface area contributed by atoms with E-state index in [-0.39, 0.29) is 23.1 Å². The zero-order chi connectivity index (χ0) is 23.5. The molecule has 2 atom stereocenters. The van der Waals surface area contributed by atoms with Crippen LogP contribution < -0.4 is 10.1 Å². The van der Waals surface area contributed by atoms with Gasteiger partial charge in [-0.3, -0.25) is 4.79 Å². The van der Waals surface area contributed by atoms with E-state index in [1.807, 2.05) is 73.7 Å². The number of thiazole rings is 1. The number of rotatable bonds is 7. The Kier molecular flexibility index (Phi) is 6.51. The fraction of sp³-hybridized carbons (Fsp3) is 0.192. The number of amides is 1. The quantitative estimate of drug-likeness (QED) is 0.354. The van der Waals surface area contributed by atoms with Crippen LogP contribution in [0.2, 0.25) is 0 Å². The van der Waals surface area contributed by atoms with E-state index in [1.54, 1.807) is 18.4 Å². The number of aryl methyl sites for hydroxylation is 1. The summed E-state index contributed by atoms with van der Waals surface area (Å²) >= 11 is 3.04. The number of carbonyl (C=O) groups is 1. The molecule has 1 N–H and O–H groups in total. The normalized spacial score (nSPS) is 17.3. The summed E-state index contributed by atoms with van der Waals surface area (Å²) in [6.07, 6.45) is 0. The van der Waals surface area contributed by atoms with Gasteiger partial charge < -0.3 is 14.8 Å². The first-order valence-electron chi connectivity index (χ1n) is 10.8. The topological polar surface area (TPSA) is 72.8 Å². The first kappa shape index (κ1) is 22.4. The molecule has 3 aromatic carbocycles. The van der Waals surface area contributed by atoms with Crippen LogP contribution in [0.3, 0.4) is 0 Å². The molecular weight excluding hydrogens is 466 g/mol. The number of fused-ring (bicyclic) bond motifs is 1. The Morgan fingerprint density at radius 3 is 2.59 bits per heavy atom. The monoisotopic (exact) mass is 489 g/mol. The molecule has 0 saturated carbocycles. The number of methoxy groups -OCH3 is 1. The highest BCUT2D eigenvalue weighted by Gasteiger charge is 2.36. The van der Waals surface area contributed by atoms with E-state index < -0.39 is 0 Å². The molecule has 5 rings (SSSR count). The maximum Gasteiger partial charge on any atom is 0.234 e. The van der Waals surface area contributed by atoms with Gasteiger partial charge in [0.05, 0.1) is 23.1 Å². The van der Waals surface area contributed by atoms with E-state index in [1.165, 1.54) is 17.3 Å². The van der Waals surface area contributed by atoms with Gasteiger partial charge in [-0.15, -0.1) is 23.1 Å². The van der Waals surface area contributed by atoms with Crippen molar-refractivity contribution >= 4 is 50.8 Å². The molecule has 6 nitrogen and oxygen atoms in total. The molecule has 0 radical (unpaired) electrons. The van der Waals surface area contributed by atoms with E-state index in [4.69, 9.17) is 19.5 Å². The summed E-state index contributed by atoms with van der Waals surface area (Å²) in [5, 5.41) is 3.81. The summed E-state index contributed by atoms with van der Waals surface area (Å²) in [5.41, 5.74) is 3.41. The summed E-state index contributed by atoms with van der Waals surface area (Å²) in [5.74, 6) is 1.45. The fourth-order valence-electron chi connectivity index (χ4n) is 3.57. The fourth-order valence-corrected chi connectivity index (χ4v) is 5.61. The average molecular weight is 490 g/mol. The molecule has 1 aromatic heterocycles. The molecule has 2 unspecified atom stereocenters. The van der Waals surface area contributed by atoms with E-state index in [0.29, 0.717) is 5.90 Å². The number of anilines is 1. The number of ether oxygens (including phenoxy) is 2. The Morgan fingerprint density at radius 2 is 1.85 bits per heavy atom. The number of aromatic nitrogens is 1. The summed E-state index contributed by atoms with van der Waals surface area (Å²) < 4.78 is 12.5. The predicted molar refractivity (Wildman–Crippen MR) is 139 cm³/mol. The number of hydrogen-bond acceptors (Lipinski definition) is 7. The Bertz CT molecular complexity index is 1300. The molecule has 0 bridgehead atoms. The zero-order valence-corrected chi connectivity index (χ0v) is 20.4. The van der Waals surface area contributed by atoms with Gasteiger partial charge in [-0.1, -0.05) is 29.8 Å². The van der Waals surface area contributed by atoms with E-state index >= 15 is 0 Å². The van der Waals surface area contributed by atoms with Crippen LogP contribution in [0.4, 0.5) is 5.69 Å². The Hall–Kier alpha value is -3.36. The van der Waals surface area contributed by atoms with Crippen molar-refractivity contribution in [1.29, 1.82) is 0 Å². The lowest BCUT2D eigenvalue weighted by molar-refractivity contribution is -0.113. The first-order valence-corrected chi connectivity index (χ1v) is 12.7. The Morgan fingerprint density at radius 1 is 1.09 bits per heavy atom. The van der Waals surface area contributed by atoms with Crippen LogP contribution in [0, 0.1) is 6.92 Å². The number of para-hydroxylation sites is 1. The van der Waals surface area contributed by atoms with Crippen molar-refractivity contribution in [2.75, 3.05) is 18.2 Å². The maximum absolute atomic E-state index is 12.6. The van der Waals surface area contributed by atoms with Gasteiger partial charge in [-0.2, -0.15) is 0 Å². The van der Waals surface area contributed by atoms with Crippen LogP contribution in [-0.4, -0.2) is 35.1 Å². The number of carbonyl (C=O) groups excluding carboxylic acids is 1. The molecule has 34 heavy (non-hydrogen) atoms. The van der Waals surface area contributed by atoms with Crippen LogP contribution in [0.25, 0.3) is 10.2 Å². The van der Waals surface area contributed by atoms with Gasteiger partial charge in [-0.25, -0.2) is 9.98 Å². The van der Waals surface area contributed by atoms with Crippen LogP contribution >= 0.6 is 23.1 Å². The second-order valence-electron chi connectivity index (χ2n) is 7.84. The zero-order valence-electron chi connectivity index (χ0n) is 18.7. The lowest BCUT2D eigenvalue weighted by atomic mass is 10.1. The molecule has 0 spiro atoms. The van der Waals surface area contributed by atoms with Gasteiger partial charge in [0.15, 0.2) is 11.5 Å². The molecule has 172 valence electrons. The number of aliphatic imine (C=N–C) groups is 1. The summed E-state index contributed by atoms with van der Waals surface area (Å²) in [7, 11) is 1.61. The largest absolute Gasteiger partial charge is 0.497 e. The molecule has 4 aromatic rings. The second kappa shape index (κ2) is 9.87. The number of nitrogens with one attached hydrogen (secondary N) is 1. The minimum absolute atomic E-state index is 0.106. The van der Waals surface area contributed by atoms with E-state index in [2.05, 4.69) is 11.4 Å². The highest BCUT2D eigenvalue weighted by molar-refractivity contribution is 8.00. The molecular formula is C26H23N3O3S2. The van der Waals surface area contributed by atoms with Crippen molar-refractivity contribution in [1.82, 2.24) is 4.98 Å². The van der Waals surface area contributed by atoms with Crippen LogP contribution in [0.15, 0.2) is 77.8 Å². The first-order chi connectivity index (χ1) is 16.6. The number of thioether (sulfide) groups is 1. The average Bonchev–Trinajstić information content (AvgIpc) is 3.48. The van der Waals surface area contributed by atoms with Gasteiger partial charge in [0.1, 0.15) is 10.8 Å². The van der Waals surface area contributed by atoms with Gasteiger partial charge in [0.25, 0.3) is 0 Å². The lowest BCUT2D eigenvalue weighted by Crippen LogP contribution is -2.19. The molecule has 2 heterocycles. The maximum atomic E-state index is 12.6. The van der Waals surface area contributed by atoms with Crippen molar-refractivity contribution in [3.63, 3.8) is 0 Å². The van der Waals surface area contributed by atoms with E-state index in [9.17, 15) is 4.79 Å².